The van der Waals surface area contributed by atoms with Crippen molar-refractivity contribution in [2.45, 2.75) is 18.4 Å². The maximum absolute atomic E-state index is 13.0. The van der Waals surface area contributed by atoms with Crippen molar-refractivity contribution in [2.24, 2.45) is 0 Å². The van der Waals surface area contributed by atoms with Crippen LogP contribution >= 0.6 is 15.9 Å². The van der Waals surface area contributed by atoms with E-state index in [1.54, 1.807) is 25.2 Å². The maximum atomic E-state index is 13.0. The van der Waals surface area contributed by atoms with Crippen LogP contribution in [0.4, 0.5) is 5.69 Å². The first-order chi connectivity index (χ1) is 12.4. The van der Waals surface area contributed by atoms with Crippen LogP contribution in [0.25, 0.3) is 0 Å². The highest BCUT2D eigenvalue weighted by Crippen LogP contribution is 2.26. The Morgan fingerprint density at radius 3 is 2.54 bits per heavy atom. The molecule has 2 aromatic carbocycles. The number of sulfonamides is 1. The van der Waals surface area contributed by atoms with Crippen molar-refractivity contribution in [2.75, 3.05) is 38.3 Å². The maximum Gasteiger partial charge on any atom is 0.243 e. The SMILES string of the molecule is Cc1cc(S(=O)(=O)N(C)Cc2ccccc2N2CCOCC2)ccc1Br. The predicted molar refractivity (Wildman–Crippen MR) is 107 cm³/mol. The first-order valence-electron chi connectivity index (χ1n) is 8.52. The number of morpholine rings is 1. The van der Waals surface area contributed by atoms with Crippen molar-refractivity contribution in [3.8, 4) is 0 Å². The average Bonchev–Trinajstić information content (AvgIpc) is 2.65. The number of hydrogen-bond donors (Lipinski definition) is 0. The molecule has 0 radical (unpaired) electrons. The Morgan fingerprint density at radius 1 is 1.15 bits per heavy atom. The Balaban J connectivity index is 1.85. The van der Waals surface area contributed by atoms with Crippen LogP contribution in [-0.2, 0) is 21.3 Å². The molecule has 0 unspecified atom stereocenters. The molecule has 26 heavy (non-hydrogen) atoms. The zero-order valence-electron chi connectivity index (χ0n) is 15.0. The molecule has 0 amide bonds. The lowest BCUT2D eigenvalue weighted by molar-refractivity contribution is 0.122. The van der Waals surface area contributed by atoms with E-state index in [4.69, 9.17) is 4.74 Å². The zero-order valence-corrected chi connectivity index (χ0v) is 17.4. The number of benzene rings is 2. The van der Waals surface area contributed by atoms with E-state index < -0.39 is 10.0 Å². The van der Waals surface area contributed by atoms with Crippen LogP contribution in [0.1, 0.15) is 11.1 Å². The van der Waals surface area contributed by atoms with E-state index in [0.717, 1.165) is 34.4 Å². The summed E-state index contributed by atoms with van der Waals surface area (Å²) in [4.78, 5) is 2.56. The quantitative estimate of drug-likeness (QED) is 0.717. The molecule has 0 saturated carbocycles. The van der Waals surface area contributed by atoms with E-state index in [0.29, 0.717) is 24.7 Å². The molecule has 0 aromatic heterocycles. The second-order valence-corrected chi connectivity index (χ2v) is 9.30. The van der Waals surface area contributed by atoms with Gasteiger partial charge in [0, 0.05) is 36.8 Å². The highest BCUT2D eigenvalue weighted by molar-refractivity contribution is 9.10. The van der Waals surface area contributed by atoms with Gasteiger partial charge in [-0.2, -0.15) is 4.31 Å². The molecule has 0 spiro atoms. The minimum Gasteiger partial charge on any atom is -0.378 e. The highest BCUT2D eigenvalue weighted by Gasteiger charge is 2.23. The van der Waals surface area contributed by atoms with Gasteiger partial charge in [-0.15, -0.1) is 0 Å². The molecule has 1 aliphatic heterocycles. The fourth-order valence-electron chi connectivity index (χ4n) is 3.04. The van der Waals surface area contributed by atoms with Gasteiger partial charge in [-0.1, -0.05) is 34.1 Å². The molecule has 1 heterocycles. The fourth-order valence-corrected chi connectivity index (χ4v) is 4.52. The fraction of sp³-hybridized carbons (Fsp3) is 0.368. The van der Waals surface area contributed by atoms with Crippen LogP contribution in [-0.4, -0.2) is 46.1 Å². The number of aryl methyl sites for hydroxylation is 1. The smallest absolute Gasteiger partial charge is 0.243 e. The molecule has 140 valence electrons. The van der Waals surface area contributed by atoms with Gasteiger partial charge in [0.15, 0.2) is 0 Å². The third-order valence-corrected chi connectivity index (χ3v) is 7.26. The minimum absolute atomic E-state index is 0.310. The van der Waals surface area contributed by atoms with Gasteiger partial charge in [-0.25, -0.2) is 8.42 Å². The monoisotopic (exact) mass is 438 g/mol. The Labute approximate surface area is 163 Å². The summed E-state index contributed by atoms with van der Waals surface area (Å²) in [6, 6.07) is 13.1. The average molecular weight is 439 g/mol. The number of hydrogen-bond acceptors (Lipinski definition) is 4. The molecule has 2 aromatic rings. The molecule has 1 aliphatic rings. The Bertz CT molecular complexity index is 880. The minimum atomic E-state index is -3.55. The van der Waals surface area contributed by atoms with E-state index in [1.165, 1.54) is 4.31 Å². The summed E-state index contributed by atoms with van der Waals surface area (Å²) in [6.07, 6.45) is 0. The van der Waals surface area contributed by atoms with Gasteiger partial charge in [-0.3, -0.25) is 0 Å². The van der Waals surface area contributed by atoms with Crippen molar-refractivity contribution < 1.29 is 13.2 Å². The molecule has 3 rings (SSSR count). The molecule has 0 aliphatic carbocycles. The van der Waals surface area contributed by atoms with Gasteiger partial charge in [-0.05, 0) is 42.3 Å². The van der Waals surface area contributed by atoms with Crippen LogP contribution in [0.5, 0.6) is 0 Å². The summed E-state index contributed by atoms with van der Waals surface area (Å²) >= 11 is 3.42. The first-order valence-corrected chi connectivity index (χ1v) is 10.8. The summed E-state index contributed by atoms with van der Waals surface area (Å²) in [5, 5.41) is 0. The van der Waals surface area contributed by atoms with Gasteiger partial charge >= 0.3 is 0 Å². The molecule has 0 bridgehead atoms. The highest BCUT2D eigenvalue weighted by atomic mass is 79.9. The van der Waals surface area contributed by atoms with Crippen molar-refractivity contribution in [3.63, 3.8) is 0 Å². The molecule has 7 heteroatoms. The van der Waals surface area contributed by atoms with Gasteiger partial charge in [0.2, 0.25) is 10.0 Å². The molecule has 1 saturated heterocycles. The Morgan fingerprint density at radius 2 is 1.85 bits per heavy atom. The molecule has 1 fully saturated rings. The van der Waals surface area contributed by atoms with Crippen molar-refractivity contribution in [1.82, 2.24) is 4.31 Å². The largest absolute Gasteiger partial charge is 0.378 e. The standard InChI is InChI=1S/C19H23BrN2O3S/c1-15-13-17(7-8-18(15)20)26(23,24)21(2)14-16-5-3-4-6-19(16)22-9-11-25-12-10-22/h3-8,13H,9-12,14H2,1-2H3. The van der Waals surface area contributed by atoms with E-state index in [1.807, 2.05) is 31.2 Å². The van der Waals surface area contributed by atoms with Crippen LogP contribution in [0.2, 0.25) is 0 Å². The lowest BCUT2D eigenvalue weighted by Crippen LogP contribution is -2.37. The molecule has 5 nitrogen and oxygen atoms in total. The number of rotatable bonds is 5. The van der Waals surface area contributed by atoms with Crippen LogP contribution in [0, 0.1) is 6.92 Å². The van der Waals surface area contributed by atoms with Crippen molar-refractivity contribution >= 4 is 31.6 Å². The number of para-hydroxylation sites is 1. The van der Waals surface area contributed by atoms with Crippen molar-refractivity contribution in [3.05, 3.63) is 58.1 Å². The Kier molecular flexibility index (Phi) is 6.02. The van der Waals surface area contributed by atoms with Gasteiger partial charge in [0.25, 0.3) is 0 Å². The number of ether oxygens (including phenoxy) is 1. The third-order valence-electron chi connectivity index (χ3n) is 4.57. The van der Waals surface area contributed by atoms with Crippen LogP contribution < -0.4 is 4.90 Å². The number of anilines is 1. The lowest BCUT2D eigenvalue weighted by atomic mass is 10.1. The van der Waals surface area contributed by atoms with Crippen LogP contribution in [0.3, 0.4) is 0 Å². The van der Waals surface area contributed by atoms with E-state index in [2.05, 4.69) is 20.8 Å². The summed E-state index contributed by atoms with van der Waals surface area (Å²) in [5.41, 5.74) is 2.97. The number of halogens is 1. The Hall–Kier alpha value is -1.41. The van der Waals surface area contributed by atoms with Gasteiger partial charge < -0.3 is 9.64 Å². The van der Waals surface area contributed by atoms with E-state index in [-0.39, 0.29) is 0 Å². The summed E-state index contributed by atoms with van der Waals surface area (Å²) in [6.45, 7) is 5.24. The lowest BCUT2D eigenvalue weighted by Gasteiger charge is -2.31. The molecular weight excluding hydrogens is 416 g/mol. The summed E-state index contributed by atoms with van der Waals surface area (Å²) < 4.78 is 33.7. The molecular formula is C19H23BrN2O3S. The van der Waals surface area contributed by atoms with Crippen molar-refractivity contribution in [1.29, 1.82) is 0 Å². The zero-order chi connectivity index (χ0) is 18.7. The second kappa shape index (κ2) is 8.08. The topological polar surface area (TPSA) is 49.9 Å². The van der Waals surface area contributed by atoms with E-state index in [9.17, 15) is 8.42 Å². The predicted octanol–water partition coefficient (Wildman–Crippen LogP) is 3.41. The van der Waals surface area contributed by atoms with Gasteiger partial charge in [0.1, 0.15) is 0 Å². The van der Waals surface area contributed by atoms with Crippen LogP contribution in [0.15, 0.2) is 51.8 Å². The second-order valence-electron chi connectivity index (χ2n) is 6.40. The van der Waals surface area contributed by atoms with E-state index >= 15 is 0 Å². The summed E-state index contributed by atoms with van der Waals surface area (Å²) in [5.74, 6) is 0. The molecule has 0 N–H and O–H groups in total. The summed E-state index contributed by atoms with van der Waals surface area (Å²) in [7, 11) is -1.93. The van der Waals surface area contributed by atoms with Gasteiger partial charge in [0.05, 0.1) is 18.1 Å². The first kappa shape index (κ1) is 19.4. The third kappa shape index (κ3) is 4.11. The normalized spacial score (nSPS) is 15.5. The number of nitrogens with zero attached hydrogens (tertiary/aromatic N) is 2. The molecule has 0 atom stereocenters.